The largest absolute Gasteiger partial charge is 0.492 e. The van der Waals surface area contributed by atoms with Crippen LogP contribution in [0.15, 0.2) is 18.2 Å². The number of ether oxygens (including phenoxy) is 1. The first-order chi connectivity index (χ1) is 8.69. The van der Waals surface area contributed by atoms with E-state index in [4.69, 9.17) is 4.74 Å². The van der Waals surface area contributed by atoms with Gasteiger partial charge in [0.1, 0.15) is 18.2 Å². The maximum atomic E-state index is 13.4. The molecule has 0 saturated carbocycles. The van der Waals surface area contributed by atoms with Crippen LogP contribution in [0.25, 0.3) is 0 Å². The third kappa shape index (κ3) is 3.62. The van der Waals surface area contributed by atoms with E-state index < -0.39 is 0 Å². The second-order valence-electron chi connectivity index (χ2n) is 4.82. The highest BCUT2D eigenvalue weighted by Gasteiger charge is 2.21. The van der Waals surface area contributed by atoms with Crippen molar-refractivity contribution in [2.75, 3.05) is 26.5 Å². The van der Waals surface area contributed by atoms with Crippen LogP contribution in [0.5, 0.6) is 5.75 Å². The van der Waals surface area contributed by atoms with Gasteiger partial charge in [-0.25, -0.2) is 4.39 Å². The van der Waals surface area contributed by atoms with Crippen molar-refractivity contribution < 1.29 is 9.13 Å². The van der Waals surface area contributed by atoms with Gasteiger partial charge in [-0.2, -0.15) is 11.8 Å². The second-order valence-corrected chi connectivity index (χ2v) is 5.68. The predicted molar refractivity (Wildman–Crippen MR) is 74.8 cm³/mol. The van der Waals surface area contributed by atoms with E-state index in [1.165, 1.54) is 18.9 Å². The summed E-state index contributed by atoms with van der Waals surface area (Å²) in [5, 5.41) is 0. The molecule has 1 aromatic carbocycles. The third-order valence-electron chi connectivity index (χ3n) is 3.36. The average molecular weight is 269 g/mol. The topological polar surface area (TPSA) is 12.5 Å². The normalized spacial score (nSPS) is 20.3. The lowest BCUT2D eigenvalue weighted by Crippen LogP contribution is -2.30. The van der Waals surface area contributed by atoms with E-state index in [-0.39, 0.29) is 5.82 Å². The van der Waals surface area contributed by atoms with E-state index >= 15 is 0 Å². The third-order valence-corrected chi connectivity index (χ3v) is 3.98. The molecule has 0 aliphatic carbocycles. The fraction of sp³-hybridized carbons (Fsp3) is 0.571. The van der Waals surface area contributed by atoms with Crippen molar-refractivity contribution >= 4 is 11.8 Å². The standard InChI is InChI=1S/C14H20FNOS/c1-16-5-3-4-13(16)9-17-14-7-11(10-18-2)6-12(15)8-14/h6-8,13H,3-5,9-10H2,1-2H3. The highest BCUT2D eigenvalue weighted by Crippen LogP contribution is 2.21. The molecule has 1 heterocycles. The van der Waals surface area contributed by atoms with Crippen LogP contribution >= 0.6 is 11.8 Å². The summed E-state index contributed by atoms with van der Waals surface area (Å²) in [6.45, 7) is 1.79. The van der Waals surface area contributed by atoms with Gasteiger partial charge in [0.15, 0.2) is 0 Å². The number of likely N-dealkylation sites (N-methyl/N-ethyl adjacent to an activating group) is 1. The van der Waals surface area contributed by atoms with Crippen LogP contribution in [-0.4, -0.2) is 37.4 Å². The van der Waals surface area contributed by atoms with Crippen LogP contribution in [0, 0.1) is 5.82 Å². The van der Waals surface area contributed by atoms with Gasteiger partial charge in [-0.1, -0.05) is 0 Å². The van der Waals surface area contributed by atoms with Gasteiger partial charge in [-0.15, -0.1) is 0 Å². The molecular weight excluding hydrogens is 249 g/mol. The number of halogens is 1. The van der Waals surface area contributed by atoms with Gasteiger partial charge >= 0.3 is 0 Å². The lowest BCUT2D eigenvalue weighted by atomic mass is 10.2. The summed E-state index contributed by atoms with van der Waals surface area (Å²) < 4.78 is 19.2. The summed E-state index contributed by atoms with van der Waals surface area (Å²) in [5.74, 6) is 1.26. The molecule has 4 heteroatoms. The average Bonchev–Trinajstić information content (AvgIpc) is 2.72. The number of benzene rings is 1. The number of thioether (sulfide) groups is 1. The molecule has 1 fully saturated rings. The minimum absolute atomic E-state index is 0.212. The van der Waals surface area contributed by atoms with Gasteiger partial charge < -0.3 is 9.64 Å². The maximum absolute atomic E-state index is 13.4. The summed E-state index contributed by atoms with van der Waals surface area (Å²) in [7, 11) is 2.12. The van der Waals surface area contributed by atoms with Crippen LogP contribution in [0.1, 0.15) is 18.4 Å². The molecule has 0 amide bonds. The Morgan fingerprint density at radius 1 is 1.44 bits per heavy atom. The molecule has 1 aliphatic heterocycles. The molecule has 2 nitrogen and oxygen atoms in total. The van der Waals surface area contributed by atoms with Gasteiger partial charge in [0.25, 0.3) is 0 Å². The summed E-state index contributed by atoms with van der Waals surface area (Å²) in [6.07, 6.45) is 4.41. The number of hydrogen-bond acceptors (Lipinski definition) is 3. The minimum atomic E-state index is -0.212. The van der Waals surface area contributed by atoms with Crippen molar-refractivity contribution in [3.05, 3.63) is 29.6 Å². The van der Waals surface area contributed by atoms with Crippen molar-refractivity contribution in [3.63, 3.8) is 0 Å². The van der Waals surface area contributed by atoms with E-state index in [9.17, 15) is 4.39 Å². The molecule has 0 aromatic heterocycles. The van der Waals surface area contributed by atoms with Crippen LogP contribution in [0.4, 0.5) is 4.39 Å². The summed E-state index contributed by atoms with van der Waals surface area (Å²) in [6, 6.07) is 5.45. The Morgan fingerprint density at radius 3 is 2.94 bits per heavy atom. The van der Waals surface area contributed by atoms with E-state index in [1.54, 1.807) is 17.8 Å². The highest BCUT2D eigenvalue weighted by atomic mass is 32.2. The van der Waals surface area contributed by atoms with Gasteiger partial charge in [0, 0.05) is 17.9 Å². The van der Waals surface area contributed by atoms with E-state index in [2.05, 4.69) is 11.9 Å². The highest BCUT2D eigenvalue weighted by molar-refractivity contribution is 7.97. The molecule has 1 aliphatic rings. The second kappa shape index (κ2) is 6.43. The Balaban J connectivity index is 1.95. The van der Waals surface area contributed by atoms with E-state index in [0.29, 0.717) is 18.4 Å². The van der Waals surface area contributed by atoms with Crippen molar-refractivity contribution in [3.8, 4) is 5.75 Å². The zero-order valence-electron chi connectivity index (χ0n) is 11.0. The molecule has 100 valence electrons. The molecule has 2 rings (SSSR count). The number of nitrogens with zero attached hydrogens (tertiary/aromatic N) is 1. The van der Waals surface area contributed by atoms with Crippen LogP contribution in [0.3, 0.4) is 0 Å². The number of hydrogen-bond donors (Lipinski definition) is 0. The molecule has 0 N–H and O–H groups in total. The summed E-state index contributed by atoms with van der Waals surface area (Å²) in [5.41, 5.74) is 0.984. The molecule has 1 aromatic rings. The van der Waals surface area contributed by atoms with Crippen molar-refractivity contribution in [2.24, 2.45) is 0 Å². The first-order valence-corrected chi connectivity index (χ1v) is 7.70. The quantitative estimate of drug-likeness (QED) is 0.814. The Kier molecular flexibility index (Phi) is 4.89. The molecule has 1 saturated heterocycles. The zero-order chi connectivity index (χ0) is 13.0. The SMILES string of the molecule is CSCc1cc(F)cc(OCC2CCCN2C)c1. The van der Waals surface area contributed by atoms with Crippen molar-refractivity contribution in [1.29, 1.82) is 0 Å². The predicted octanol–water partition coefficient (Wildman–Crippen LogP) is 3.16. The lowest BCUT2D eigenvalue weighted by Gasteiger charge is -2.19. The van der Waals surface area contributed by atoms with E-state index in [1.807, 2.05) is 12.3 Å². The smallest absolute Gasteiger partial charge is 0.127 e. The van der Waals surface area contributed by atoms with Crippen LogP contribution in [0.2, 0.25) is 0 Å². The molecule has 1 atom stereocenters. The molecule has 0 radical (unpaired) electrons. The maximum Gasteiger partial charge on any atom is 0.127 e. The van der Waals surface area contributed by atoms with Crippen molar-refractivity contribution in [1.82, 2.24) is 4.90 Å². The lowest BCUT2D eigenvalue weighted by molar-refractivity contribution is 0.197. The molecule has 18 heavy (non-hydrogen) atoms. The van der Waals surface area contributed by atoms with E-state index in [0.717, 1.165) is 17.9 Å². The molecule has 1 unspecified atom stereocenters. The Hall–Kier alpha value is -0.740. The first-order valence-electron chi connectivity index (χ1n) is 6.30. The van der Waals surface area contributed by atoms with Gasteiger partial charge in [-0.05, 0) is 50.4 Å². The number of rotatable bonds is 5. The van der Waals surface area contributed by atoms with Crippen LogP contribution < -0.4 is 4.74 Å². The monoisotopic (exact) mass is 269 g/mol. The molecular formula is C14H20FNOS. The fourth-order valence-electron chi connectivity index (χ4n) is 2.34. The minimum Gasteiger partial charge on any atom is -0.492 e. The number of likely N-dealkylation sites (tertiary alicyclic amines) is 1. The van der Waals surface area contributed by atoms with Gasteiger partial charge in [0.05, 0.1) is 0 Å². The van der Waals surface area contributed by atoms with Gasteiger partial charge in [0.2, 0.25) is 0 Å². The first kappa shape index (κ1) is 13.7. The fourth-order valence-corrected chi connectivity index (χ4v) is 2.84. The Morgan fingerprint density at radius 2 is 2.28 bits per heavy atom. The molecule has 0 spiro atoms. The summed E-state index contributed by atoms with van der Waals surface area (Å²) >= 11 is 1.69. The molecule has 0 bridgehead atoms. The van der Waals surface area contributed by atoms with Gasteiger partial charge in [-0.3, -0.25) is 0 Å². The van der Waals surface area contributed by atoms with Crippen LogP contribution in [-0.2, 0) is 5.75 Å². The zero-order valence-corrected chi connectivity index (χ0v) is 11.8. The van der Waals surface area contributed by atoms with Crippen molar-refractivity contribution in [2.45, 2.75) is 24.6 Å². The summed E-state index contributed by atoms with van der Waals surface area (Å²) in [4.78, 5) is 2.31. The Labute approximate surface area is 113 Å². The Bertz CT molecular complexity index is 399.